The normalized spacial score (nSPS) is 10.3. The van der Waals surface area contributed by atoms with Crippen molar-refractivity contribution in [3.05, 3.63) is 35.4 Å². The summed E-state index contributed by atoms with van der Waals surface area (Å²) in [6.07, 6.45) is 0.867. The third kappa shape index (κ3) is 6.37. The fourth-order valence-corrected chi connectivity index (χ4v) is 1.65. The van der Waals surface area contributed by atoms with Gasteiger partial charge in [0.2, 0.25) is 5.91 Å². The van der Waals surface area contributed by atoms with E-state index in [1.165, 1.54) is 11.1 Å². The van der Waals surface area contributed by atoms with Crippen molar-refractivity contribution >= 4 is 5.91 Å². The molecule has 1 aromatic rings. The number of hydrogen-bond acceptors (Lipinski definition) is 3. The van der Waals surface area contributed by atoms with E-state index in [0.717, 1.165) is 6.42 Å². The van der Waals surface area contributed by atoms with Crippen LogP contribution in [0.2, 0.25) is 0 Å². The summed E-state index contributed by atoms with van der Waals surface area (Å²) in [6.45, 7) is 4.41. The number of methoxy groups -OCH3 is 1. The molecule has 0 aliphatic carbocycles. The number of rotatable bonds is 8. The SMILES string of the molecule is COCCNCC(=O)NCCc1cccc(C)c1. The van der Waals surface area contributed by atoms with Crippen molar-refractivity contribution in [3.63, 3.8) is 0 Å². The van der Waals surface area contributed by atoms with Crippen LogP contribution in [0, 0.1) is 6.92 Å². The predicted octanol–water partition coefficient (Wildman–Crippen LogP) is 0.890. The first-order valence-electron chi connectivity index (χ1n) is 6.24. The summed E-state index contributed by atoms with van der Waals surface area (Å²) in [6, 6.07) is 8.33. The molecule has 0 spiro atoms. The number of carbonyl (C=O) groups excluding carboxylic acids is 1. The van der Waals surface area contributed by atoms with E-state index in [-0.39, 0.29) is 5.91 Å². The maximum Gasteiger partial charge on any atom is 0.233 e. The van der Waals surface area contributed by atoms with Crippen molar-refractivity contribution in [1.29, 1.82) is 0 Å². The predicted molar refractivity (Wildman–Crippen MR) is 72.6 cm³/mol. The third-order valence-corrected chi connectivity index (χ3v) is 2.59. The van der Waals surface area contributed by atoms with Crippen LogP contribution in [0.15, 0.2) is 24.3 Å². The maximum atomic E-state index is 11.4. The lowest BCUT2D eigenvalue weighted by Gasteiger charge is -2.07. The molecule has 0 aliphatic heterocycles. The van der Waals surface area contributed by atoms with Crippen LogP contribution in [0.4, 0.5) is 0 Å². The highest BCUT2D eigenvalue weighted by atomic mass is 16.5. The summed E-state index contributed by atoms with van der Waals surface area (Å²) in [5.74, 6) is 0.0266. The minimum atomic E-state index is 0.0266. The third-order valence-electron chi connectivity index (χ3n) is 2.59. The molecule has 0 radical (unpaired) electrons. The van der Waals surface area contributed by atoms with Crippen molar-refractivity contribution in [1.82, 2.24) is 10.6 Å². The average molecular weight is 250 g/mol. The molecule has 1 rings (SSSR count). The van der Waals surface area contributed by atoms with E-state index < -0.39 is 0 Å². The average Bonchev–Trinajstić information content (AvgIpc) is 2.35. The second kappa shape index (κ2) is 8.66. The van der Waals surface area contributed by atoms with Gasteiger partial charge in [0.25, 0.3) is 0 Å². The Kier molecular flexibility index (Phi) is 7.06. The van der Waals surface area contributed by atoms with Gasteiger partial charge in [-0.15, -0.1) is 0 Å². The van der Waals surface area contributed by atoms with E-state index in [2.05, 4.69) is 35.8 Å². The number of nitrogens with one attached hydrogen (secondary N) is 2. The summed E-state index contributed by atoms with van der Waals surface area (Å²) in [5, 5.41) is 5.89. The van der Waals surface area contributed by atoms with Gasteiger partial charge in [0.1, 0.15) is 0 Å². The highest BCUT2D eigenvalue weighted by molar-refractivity contribution is 5.77. The van der Waals surface area contributed by atoms with Crippen LogP contribution in [0.1, 0.15) is 11.1 Å². The molecule has 0 aromatic heterocycles. The van der Waals surface area contributed by atoms with E-state index in [4.69, 9.17) is 4.74 Å². The molecule has 0 saturated carbocycles. The molecule has 0 aliphatic rings. The van der Waals surface area contributed by atoms with Crippen LogP contribution in [-0.4, -0.2) is 39.3 Å². The number of amides is 1. The van der Waals surface area contributed by atoms with Crippen LogP contribution in [-0.2, 0) is 16.0 Å². The molecule has 2 N–H and O–H groups in total. The summed E-state index contributed by atoms with van der Waals surface area (Å²) >= 11 is 0. The fraction of sp³-hybridized carbons (Fsp3) is 0.500. The van der Waals surface area contributed by atoms with Gasteiger partial charge in [-0.05, 0) is 18.9 Å². The Bertz CT molecular complexity index is 367. The van der Waals surface area contributed by atoms with Crippen LogP contribution in [0.3, 0.4) is 0 Å². The first-order valence-corrected chi connectivity index (χ1v) is 6.24. The van der Waals surface area contributed by atoms with Gasteiger partial charge in [-0.25, -0.2) is 0 Å². The Balaban J connectivity index is 2.12. The largest absolute Gasteiger partial charge is 0.383 e. The van der Waals surface area contributed by atoms with Gasteiger partial charge in [0.15, 0.2) is 0 Å². The molecule has 0 bridgehead atoms. The van der Waals surface area contributed by atoms with Crippen LogP contribution in [0.25, 0.3) is 0 Å². The Hall–Kier alpha value is -1.39. The van der Waals surface area contributed by atoms with Crippen LogP contribution >= 0.6 is 0 Å². The number of benzene rings is 1. The Morgan fingerprint density at radius 1 is 1.33 bits per heavy atom. The van der Waals surface area contributed by atoms with E-state index in [0.29, 0.717) is 26.2 Å². The summed E-state index contributed by atoms with van der Waals surface area (Å²) < 4.78 is 4.88. The highest BCUT2D eigenvalue weighted by Gasteiger charge is 2.00. The molecule has 0 fully saturated rings. The van der Waals surface area contributed by atoms with Gasteiger partial charge in [-0.1, -0.05) is 29.8 Å². The number of carbonyl (C=O) groups is 1. The number of hydrogen-bond donors (Lipinski definition) is 2. The van der Waals surface area contributed by atoms with Crippen molar-refractivity contribution in [2.24, 2.45) is 0 Å². The lowest BCUT2D eigenvalue weighted by molar-refractivity contribution is -0.120. The Morgan fingerprint density at radius 2 is 2.17 bits per heavy atom. The fourth-order valence-electron chi connectivity index (χ4n) is 1.65. The van der Waals surface area contributed by atoms with Gasteiger partial charge in [0.05, 0.1) is 13.2 Å². The number of ether oxygens (including phenoxy) is 1. The molecule has 0 heterocycles. The molecular weight excluding hydrogens is 228 g/mol. The standard InChI is InChI=1S/C14H22N2O2/c1-12-4-3-5-13(10-12)6-7-16-14(17)11-15-8-9-18-2/h3-5,10,15H,6-9,11H2,1-2H3,(H,16,17). The van der Waals surface area contributed by atoms with E-state index in [9.17, 15) is 4.79 Å². The summed E-state index contributed by atoms with van der Waals surface area (Å²) in [7, 11) is 1.64. The zero-order chi connectivity index (χ0) is 13.2. The quantitative estimate of drug-likeness (QED) is 0.674. The van der Waals surface area contributed by atoms with Gasteiger partial charge in [-0.3, -0.25) is 4.79 Å². The Morgan fingerprint density at radius 3 is 2.89 bits per heavy atom. The van der Waals surface area contributed by atoms with Crippen molar-refractivity contribution in [3.8, 4) is 0 Å². The van der Waals surface area contributed by atoms with E-state index >= 15 is 0 Å². The molecule has 1 amide bonds. The molecule has 0 unspecified atom stereocenters. The van der Waals surface area contributed by atoms with Crippen molar-refractivity contribution in [2.75, 3.05) is 33.4 Å². The summed E-state index contributed by atoms with van der Waals surface area (Å²) in [4.78, 5) is 11.4. The molecule has 0 atom stereocenters. The van der Waals surface area contributed by atoms with Crippen molar-refractivity contribution in [2.45, 2.75) is 13.3 Å². The first-order chi connectivity index (χ1) is 8.72. The maximum absolute atomic E-state index is 11.4. The molecule has 0 saturated heterocycles. The molecule has 4 nitrogen and oxygen atoms in total. The van der Waals surface area contributed by atoms with Gasteiger partial charge >= 0.3 is 0 Å². The molecule has 1 aromatic carbocycles. The zero-order valence-electron chi connectivity index (χ0n) is 11.2. The zero-order valence-corrected chi connectivity index (χ0v) is 11.2. The monoisotopic (exact) mass is 250 g/mol. The van der Waals surface area contributed by atoms with Crippen LogP contribution in [0.5, 0.6) is 0 Å². The topological polar surface area (TPSA) is 50.4 Å². The van der Waals surface area contributed by atoms with Gasteiger partial charge in [-0.2, -0.15) is 0 Å². The van der Waals surface area contributed by atoms with E-state index in [1.807, 2.05) is 6.07 Å². The second-order valence-corrected chi connectivity index (χ2v) is 4.26. The molecule has 100 valence electrons. The molecule has 4 heteroatoms. The molecule has 18 heavy (non-hydrogen) atoms. The Labute approximate surface area is 109 Å². The van der Waals surface area contributed by atoms with E-state index in [1.54, 1.807) is 7.11 Å². The highest BCUT2D eigenvalue weighted by Crippen LogP contribution is 2.03. The minimum Gasteiger partial charge on any atom is -0.383 e. The second-order valence-electron chi connectivity index (χ2n) is 4.26. The van der Waals surface area contributed by atoms with Gasteiger partial charge in [0, 0.05) is 20.2 Å². The first kappa shape index (κ1) is 14.7. The summed E-state index contributed by atoms with van der Waals surface area (Å²) in [5.41, 5.74) is 2.50. The minimum absolute atomic E-state index is 0.0266. The van der Waals surface area contributed by atoms with Crippen molar-refractivity contribution < 1.29 is 9.53 Å². The lowest BCUT2D eigenvalue weighted by Crippen LogP contribution is -2.36. The van der Waals surface area contributed by atoms with Gasteiger partial charge < -0.3 is 15.4 Å². The lowest BCUT2D eigenvalue weighted by atomic mass is 10.1. The van der Waals surface area contributed by atoms with Crippen LogP contribution < -0.4 is 10.6 Å². The number of aryl methyl sites for hydroxylation is 1. The molecular formula is C14H22N2O2. The smallest absolute Gasteiger partial charge is 0.233 e.